The van der Waals surface area contributed by atoms with Gasteiger partial charge in [0.1, 0.15) is 0 Å². The number of benzene rings is 1. The molecule has 1 nitrogen and oxygen atoms in total. The lowest BCUT2D eigenvalue weighted by atomic mass is 10.1. The molecule has 0 aromatic heterocycles. The lowest BCUT2D eigenvalue weighted by molar-refractivity contribution is -0.138. The molecule has 0 bridgehead atoms. The molecule has 0 saturated carbocycles. The first kappa shape index (κ1) is 12.4. The molecule has 1 atom stereocenters. The fourth-order valence-corrected chi connectivity index (χ4v) is 2.35. The number of likely N-dealkylation sites (tertiary alicyclic amines) is 1. The SMILES string of the molecule is CC1CCN(Cc2ccccc2C(F)(F)F)C1. The van der Waals surface area contributed by atoms with Crippen LogP contribution in [0.1, 0.15) is 24.5 Å². The molecular weight excluding hydrogens is 227 g/mol. The molecule has 1 fully saturated rings. The van der Waals surface area contributed by atoms with Gasteiger partial charge in [0.2, 0.25) is 0 Å². The van der Waals surface area contributed by atoms with E-state index in [9.17, 15) is 13.2 Å². The van der Waals surface area contributed by atoms with Crippen molar-refractivity contribution in [3.05, 3.63) is 35.4 Å². The van der Waals surface area contributed by atoms with Crippen molar-refractivity contribution in [2.75, 3.05) is 13.1 Å². The Bertz CT molecular complexity index is 386. The third-order valence-electron chi connectivity index (χ3n) is 3.22. The minimum atomic E-state index is -4.25. The Balaban J connectivity index is 2.15. The third-order valence-corrected chi connectivity index (χ3v) is 3.22. The molecule has 1 saturated heterocycles. The van der Waals surface area contributed by atoms with Gasteiger partial charge in [-0.2, -0.15) is 13.2 Å². The van der Waals surface area contributed by atoms with Gasteiger partial charge in [0, 0.05) is 13.1 Å². The molecule has 1 aromatic carbocycles. The normalized spacial score (nSPS) is 22.0. The zero-order valence-corrected chi connectivity index (χ0v) is 9.80. The van der Waals surface area contributed by atoms with Gasteiger partial charge >= 0.3 is 6.18 Å². The molecule has 4 heteroatoms. The van der Waals surface area contributed by atoms with Crippen molar-refractivity contribution in [3.8, 4) is 0 Å². The summed E-state index contributed by atoms with van der Waals surface area (Å²) >= 11 is 0. The molecule has 0 radical (unpaired) electrons. The Kier molecular flexibility index (Phi) is 3.43. The largest absolute Gasteiger partial charge is 0.416 e. The number of nitrogens with zero attached hydrogens (tertiary/aromatic N) is 1. The maximum Gasteiger partial charge on any atom is 0.416 e. The highest BCUT2D eigenvalue weighted by molar-refractivity contribution is 5.29. The van der Waals surface area contributed by atoms with Crippen LogP contribution < -0.4 is 0 Å². The standard InChI is InChI=1S/C13H16F3N/c1-10-6-7-17(8-10)9-11-4-2-3-5-12(11)13(14,15)16/h2-5,10H,6-9H2,1H3. The second-order valence-corrected chi connectivity index (χ2v) is 4.78. The average molecular weight is 243 g/mol. The Morgan fingerprint density at radius 1 is 1.29 bits per heavy atom. The summed E-state index contributed by atoms with van der Waals surface area (Å²) in [6.45, 7) is 4.33. The van der Waals surface area contributed by atoms with Crippen molar-refractivity contribution in [1.82, 2.24) is 4.90 Å². The molecule has 1 aliphatic rings. The van der Waals surface area contributed by atoms with E-state index in [0.717, 1.165) is 25.6 Å². The molecule has 17 heavy (non-hydrogen) atoms. The lowest BCUT2D eigenvalue weighted by Gasteiger charge is -2.19. The molecule has 0 amide bonds. The molecule has 94 valence electrons. The van der Waals surface area contributed by atoms with E-state index >= 15 is 0 Å². The quantitative estimate of drug-likeness (QED) is 0.767. The second kappa shape index (κ2) is 4.69. The van der Waals surface area contributed by atoms with Crippen LogP contribution in [-0.2, 0) is 12.7 Å². The highest BCUT2D eigenvalue weighted by atomic mass is 19.4. The summed E-state index contributed by atoms with van der Waals surface area (Å²) in [7, 11) is 0. The maximum atomic E-state index is 12.8. The fraction of sp³-hybridized carbons (Fsp3) is 0.538. The van der Waals surface area contributed by atoms with Crippen molar-refractivity contribution in [1.29, 1.82) is 0 Å². The highest BCUT2D eigenvalue weighted by Gasteiger charge is 2.33. The van der Waals surface area contributed by atoms with Gasteiger partial charge in [-0.3, -0.25) is 4.90 Å². The Morgan fingerprint density at radius 3 is 2.59 bits per heavy atom. The van der Waals surface area contributed by atoms with Crippen LogP contribution >= 0.6 is 0 Å². The van der Waals surface area contributed by atoms with Crippen LogP contribution in [0.5, 0.6) is 0 Å². The van der Waals surface area contributed by atoms with Crippen LogP contribution in [0.25, 0.3) is 0 Å². The summed E-state index contributed by atoms with van der Waals surface area (Å²) in [6.07, 6.45) is -3.17. The zero-order valence-electron chi connectivity index (χ0n) is 9.80. The van der Waals surface area contributed by atoms with E-state index in [4.69, 9.17) is 0 Å². The van der Waals surface area contributed by atoms with Crippen molar-refractivity contribution in [2.45, 2.75) is 26.1 Å². The van der Waals surface area contributed by atoms with Crippen molar-refractivity contribution in [3.63, 3.8) is 0 Å². The van der Waals surface area contributed by atoms with E-state index in [-0.39, 0.29) is 0 Å². The fourth-order valence-electron chi connectivity index (χ4n) is 2.35. The Morgan fingerprint density at radius 2 is 2.00 bits per heavy atom. The van der Waals surface area contributed by atoms with E-state index in [1.165, 1.54) is 6.07 Å². The smallest absolute Gasteiger partial charge is 0.299 e. The maximum absolute atomic E-state index is 12.8. The van der Waals surface area contributed by atoms with E-state index in [1.54, 1.807) is 12.1 Å². The van der Waals surface area contributed by atoms with Crippen LogP contribution in [-0.4, -0.2) is 18.0 Å². The first-order valence-corrected chi connectivity index (χ1v) is 5.84. The molecular formula is C13H16F3N. The van der Waals surface area contributed by atoms with Crippen LogP contribution in [0, 0.1) is 5.92 Å². The van der Waals surface area contributed by atoms with Gasteiger partial charge in [-0.25, -0.2) is 0 Å². The summed E-state index contributed by atoms with van der Waals surface area (Å²) in [6, 6.07) is 5.85. The van der Waals surface area contributed by atoms with Gasteiger partial charge in [0.05, 0.1) is 5.56 Å². The van der Waals surface area contributed by atoms with Crippen molar-refractivity contribution < 1.29 is 13.2 Å². The Hall–Kier alpha value is -1.03. The summed E-state index contributed by atoms with van der Waals surface area (Å²) < 4.78 is 38.3. The minimum absolute atomic E-state index is 0.383. The van der Waals surface area contributed by atoms with Gasteiger partial charge in [0.25, 0.3) is 0 Å². The van der Waals surface area contributed by atoms with Crippen LogP contribution in [0.3, 0.4) is 0 Å². The zero-order chi connectivity index (χ0) is 12.5. The van der Waals surface area contributed by atoms with Gasteiger partial charge in [-0.1, -0.05) is 25.1 Å². The minimum Gasteiger partial charge on any atom is -0.299 e. The van der Waals surface area contributed by atoms with Gasteiger partial charge in [-0.15, -0.1) is 0 Å². The number of hydrogen-bond donors (Lipinski definition) is 0. The van der Waals surface area contributed by atoms with E-state index < -0.39 is 11.7 Å². The molecule has 1 unspecified atom stereocenters. The van der Waals surface area contributed by atoms with Gasteiger partial charge in [-0.05, 0) is 30.5 Å². The number of rotatable bonds is 2. The van der Waals surface area contributed by atoms with E-state index in [0.29, 0.717) is 18.0 Å². The first-order valence-electron chi connectivity index (χ1n) is 5.84. The van der Waals surface area contributed by atoms with E-state index in [2.05, 4.69) is 11.8 Å². The molecule has 2 rings (SSSR count). The molecule has 0 spiro atoms. The van der Waals surface area contributed by atoms with Crippen molar-refractivity contribution in [2.24, 2.45) is 5.92 Å². The predicted octanol–water partition coefficient (Wildman–Crippen LogP) is 3.55. The number of hydrogen-bond acceptors (Lipinski definition) is 1. The summed E-state index contributed by atoms with van der Waals surface area (Å²) in [5.41, 5.74) is -0.117. The molecule has 1 aromatic rings. The summed E-state index contributed by atoms with van der Waals surface area (Å²) in [4.78, 5) is 2.09. The van der Waals surface area contributed by atoms with Gasteiger partial charge in [0.15, 0.2) is 0 Å². The predicted molar refractivity (Wildman–Crippen MR) is 60.5 cm³/mol. The topological polar surface area (TPSA) is 3.24 Å². The van der Waals surface area contributed by atoms with Crippen LogP contribution in [0.2, 0.25) is 0 Å². The average Bonchev–Trinajstić information content (AvgIpc) is 2.63. The summed E-state index contributed by atoms with van der Waals surface area (Å²) in [5.74, 6) is 0.591. The summed E-state index contributed by atoms with van der Waals surface area (Å²) in [5, 5.41) is 0. The molecule has 0 aliphatic carbocycles. The second-order valence-electron chi connectivity index (χ2n) is 4.78. The van der Waals surface area contributed by atoms with Crippen LogP contribution in [0.4, 0.5) is 13.2 Å². The molecule has 0 N–H and O–H groups in total. The van der Waals surface area contributed by atoms with Gasteiger partial charge < -0.3 is 0 Å². The number of halogens is 3. The van der Waals surface area contributed by atoms with Crippen LogP contribution in [0.15, 0.2) is 24.3 Å². The number of alkyl halides is 3. The Labute approximate surface area is 99.2 Å². The lowest BCUT2D eigenvalue weighted by Crippen LogP contribution is -2.22. The first-order chi connectivity index (χ1) is 7.97. The van der Waals surface area contributed by atoms with Crippen molar-refractivity contribution >= 4 is 0 Å². The molecule has 1 aliphatic heterocycles. The molecule has 1 heterocycles. The third kappa shape index (κ3) is 3.00. The monoisotopic (exact) mass is 243 g/mol. The van der Waals surface area contributed by atoms with E-state index in [1.807, 2.05) is 0 Å². The highest BCUT2D eigenvalue weighted by Crippen LogP contribution is 2.32.